The van der Waals surface area contributed by atoms with Crippen LogP contribution in [0.4, 0.5) is 0 Å². The Hall–Kier alpha value is -1.26. The number of hydrogen-bond donors (Lipinski definition) is 5. The van der Waals surface area contributed by atoms with Gasteiger partial charge in [-0.25, -0.2) is 4.79 Å². The van der Waals surface area contributed by atoms with Gasteiger partial charge in [0.05, 0.1) is 18.8 Å². The molecule has 0 radical (unpaired) electrons. The predicted octanol–water partition coefficient (Wildman–Crippen LogP) is -2.17. The van der Waals surface area contributed by atoms with Crippen molar-refractivity contribution in [2.45, 2.75) is 50.5 Å². The van der Waals surface area contributed by atoms with Crippen molar-refractivity contribution in [3.05, 3.63) is 0 Å². The fourth-order valence-corrected chi connectivity index (χ4v) is 2.23. The Bertz CT molecular complexity index is 398. The van der Waals surface area contributed by atoms with Gasteiger partial charge < -0.3 is 35.0 Å². The van der Waals surface area contributed by atoms with Gasteiger partial charge in [-0.2, -0.15) is 0 Å². The maximum atomic E-state index is 11.0. The molecule has 0 aromatic rings. The minimum Gasteiger partial charge on any atom is -0.477 e. The number of aliphatic hydroxyl groups excluding tert-OH is 3. The molecule has 1 aliphatic rings. The fourth-order valence-electron chi connectivity index (χ4n) is 2.23. The zero-order valence-electron chi connectivity index (χ0n) is 11.7. The van der Waals surface area contributed by atoms with Gasteiger partial charge in [-0.3, -0.25) is 4.79 Å². The molecule has 1 rings (SSSR count). The second kappa shape index (κ2) is 6.67. The summed E-state index contributed by atoms with van der Waals surface area (Å²) in [7, 11) is 0. The summed E-state index contributed by atoms with van der Waals surface area (Å²) in [5.74, 6) is -5.87. The number of aliphatic hydroxyl groups is 4. The van der Waals surface area contributed by atoms with Crippen LogP contribution in [0.2, 0.25) is 0 Å². The molecule has 0 amide bonds. The highest BCUT2D eigenvalue weighted by Crippen LogP contribution is 2.34. The van der Waals surface area contributed by atoms with Crippen LogP contribution >= 0.6 is 0 Å². The summed E-state index contributed by atoms with van der Waals surface area (Å²) in [6.07, 6.45) is -6.14. The molecule has 1 fully saturated rings. The van der Waals surface area contributed by atoms with E-state index in [4.69, 9.17) is 19.7 Å². The topological polar surface area (TPSA) is 154 Å². The normalized spacial score (nSPS) is 35.8. The monoisotopic (exact) mass is 308 g/mol. The second-order valence-corrected chi connectivity index (χ2v) is 5.12. The van der Waals surface area contributed by atoms with E-state index in [-0.39, 0.29) is 0 Å². The number of ether oxygens (including phenoxy) is 2. The zero-order valence-corrected chi connectivity index (χ0v) is 11.7. The van der Waals surface area contributed by atoms with Crippen LogP contribution in [0.5, 0.6) is 0 Å². The number of carbonyl (C=O) groups is 2. The van der Waals surface area contributed by atoms with Crippen molar-refractivity contribution in [3.63, 3.8) is 0 Å². The SMILES string of the molecule is CC(=O)OC(CO)C(O)C1OC(O)(C(=O)O)CC(O)C1C. The van der Waals surface area contributed by atoms with Gasteiger partial charge in [0.15, 0.2) is 6.10 Å². The van der Waals surface area contributed by atoms with E-state index in [2.05, 4.69) is 0 Å². The third kappa shape index (κ3) is 3.89. The van der Waals surface area contributed by atoms with Crippen LogP contribution in [0.15, 0.2) is 0 Å². The van der Waals surface area contributed by atoms with Gasteiger partial charge in [0.1, 0.15) is 6.10 Å². The molecule has 9 heteroatoms. The van der Waals surface area contributed by atoms with Gasteiger partial charge in [-0.05, 0) is 0 Å². The lowest BCUT2D eigenvalue weighted by Crippen LogP contribution is -2.60. The highest BCUT2D eigenvalue weighted by Gasteiger charge is 2.52. The summed E-state index contributed by atoms with van der Waals surface area (Å²) in [6, 6.07) is 0. The Labute approximate surface area is 120 Å². The Morgan fingerprint density at radius 2 is 2.05 bits per heavy atom. The van der Waals surface area contributed by atoms with Gasteiger partial charge in [-0.15, -0.1) is 0 Å². The molecular formula is C12H20O9. The van der Waals surface area contributed by atoms with E-state index < -0.39 is 61.1 Å². The van der Waals surface area contributed by atoms with Crippen molar-refractivity contribution < 1.29 is 44.6 Å². The van der Waals surface area contributed by atoms with Crippen molar-refractivity contribution in [1.29, 1.82) is 0 Å². The Balaban J connectivity index is 2.96. The first-order chi connectivity index (χ1) is 9.62. The van der Waals surface area contributed by atoms with E-state index in [0.29, 0.717) is 0 Å². The van der Waals surface area contributed by atoms with Gasteiger partial charge in [-0.1, -0.05) is 6.92 Å². The number of carbonyl (C=O) groups excluding carboxylic acids is 1. The van der Waals surface area contributed by atoms with E-state index in [1.807, 2.05) is 0 Å². The van der Waals surface area contributed by atoms with Gasteiger partial charge in [0.25, 0.3) is 5.79 Å². The maximum Gasteiger partial charge on any atom is 0.364 e. The lowest BCUT2D eigenvalue weighted by molar-refractivity contribution is -0.302. The molecule has 0 aromatic carbocycles. The van der Waals surface area contributed by atoms with Crippen molar-refractivity contribution in [1.82, 2.24) is 0 Å². The first-order valence-electron chi connectivity index (χ1n) is 6.40. The van der Waals surface area contributed by atoms with Gasteiger partial charge >= 0.3 is 11.9 Å². The lowest BCUT2D eigenvalue weighted by Gasteiger charge is -2.43. The van der Waals surface area contributed by atoms with Crippen molar-refractivity contribution in [2.24, 2.45) is 5.92 Å². The molecule has 6 unspecified atom stereocenters. The quantitative estimate of drug-likeness (QED) is 0.357. The molecule has 0 saturated carbocycles. The molecule has 9 nitrogen and oxygen atoms in total. The molecular weight excluding hydrogens is 288 g/mol. The van der Waals surface area contributed by atoms with Crippen LogP contribution in [0, 0.1) is 5.92 Å². The lowest BCUT2D eigenvalue weighted by atomic mass is 9.84. The summed E-state index contributed by atoms with van der Waals surface area (Å²) in [5.41, 5.74) is 0. The largest absolute Gasteiger partial charge is 0.477 e. The van der Waals surface area contributed by atoms with Gasteiger partial charge in [0, 0.05) is 19.3 Å². The van der Waals surface area contributed by atoms with Crippen molar-refractivity contribution in [2.75, 3.05) is 6.61 Å². The third-order valence-corrected chi connectivity index (χ3v) is 3.49. The zero-order chi connectivity index (χ0) is 16.4. The Morgan fingerprint density at radius 1 is 1.48 bits per heavy atom. The van der Waals surface area contributed by atoms with E-state index in [9.17, 15) is 24.9 Å². The smallest absolute Gasteiger partial charge is 0.364 e. The summed E-state index contributed by atoms with van der Waals surface area (Å²) < 4.78 is 9.68. The maximum absolute atomic E-state index is 11.0. The van der Waals surface area contributed by atoms with Crippen molar-refractivity contribution >= 4 is 11.9 Å². The number of esters is 1. The Morgan fingerprint density at radius 3 is 2.48 bits per heavy atom. The van der Waals surface area contributed by atoms with E-state index in [0.717, 1.165) is 6.92 Å². The minimum absolute atomic E-state index is 0.565. The number of rotatable bonds is 5. The average Bonchev–Trinajstić information content (AvgIpc) is 2.39. The van der Waals surface area contributed by atoms with E-state index >= 15 is 0 Å². The van der Waals surface area contributed by atoms with Crippen molar-refractivity contribution in [3.8, 4) is 0 Å². The van der Waals surface area contributed by atoms with Crippen LogP contribution in [0.25, 0.3) is 0 Å². The third-order valence-electron chi connectivity index (χ3n) is 3.49. The standard InChI is InChI=1S/C12H20O9/c1-5-7(15)3-12(19,11(17)18)21-10(5)9(16)8(4-13)20-6(2)14/h5,7-10,13,15-16,19H,3-4H2,1-2H3,(H,17,18). The first kappa shape index (κ1) is 17.8. The van der Waals surface area contributed by atoms with Crippen LogP contribution in [-0.4, -0.2) is 74.3 Å². The predicted molar refractivity (Wildman–Crippen MR) is 65.9 cm³/mol. The Kier molecular flexibility index (Phi) is 5.65. The number of carboxylic acids is 1. The number of hydrogen-bond acceptors (Lipinski definition) is 8. The highest BCUT2D eigenvalue weighted by atomic mass is 16.7. The molecule has 6 atom stereocenters. The molecule has 0 spiro atoms. The summed E-state index contributed by atoms with van der Waals surface area (Å²) in [5, 5.41) is 47.8. The van der Waals surface area contributed by atoms with Crippen LogP contribution in [0.3, 0.4) is 0 Å². The van der Waals surface area contributed by atoms with Crippen LogP contribution in [-0.2, 0) is 19.1 Å². The van der Waals surface area contributed by atoms with Crippen LogP contribution < -0.4 is 0 Å². The fraction of sp³-hybridized carbons (Fsp3) is 0.833. The molecule has 21 heavy (non-hydrogen) atoms. The number of carboxylic acid groups (broad SMARTS) is 1. The van der Waals surface area contributed by atoms with E-state index in [1.165, 1.54) is 6.92 Å². The van der Waals surface area contributed by atoms with Gasteiger partial charge in [0.2, 0.25) is 0 Å². The first-order valence-corrected chi connectivity index (χ1v) is 6.40. The summed E-state index contributed by atoms with van der Waals surface area (Å²) >= 11 is 0. The molecule has 122 valence electrons. The molecule has 1 saturated heterocycles. The molecule has 0 aromatic heterocycles. The number of aliphatic carboxylic acids is 1. The molecule has 1 aliphatic heterocycles. The average molecular weight is 308 g/mol. The molecule has 0 aliphatic carbocycles. The second-order valence-electron chi connectivity index (χ2n) is 5.12. The summed E-state index contributed by atoms with van der Waals surface area (Å²) in [4.78, 5) is 21.9. The minimum atomic E-state index is -2.66. The molecule has 0 bridgehead atoms. The van der Waals surface area contributed by atoms with Crippen LogP contribution in [0.1, 0.15) is 20.3 Å². The molecule has 1 heterocycles. The van der Waals surface area contributed by atoms with E-state index in [1.54, 1.807) is 0 Å². The highest BCUT2D eigenvalue weighted by molar-refractivity contribution is 5.75. The molecule has 5 N–H and O–H groups in total. The summed E-state index contributed by atoms with van der Waals surface area (Å²) in [6.45, 7) is 1.82.